The second-order valence-corrected chi connectivity index (χ2v) is 7.56. The Morgan fingerprint density at radius 2 is 1.84 bits per heavy atom. The van der Waals surface area contributed by atoms with Crippen molar-refractivity contribution in [1.82, 2.24) is 5.32 Å². The summed E-state index contributed by atoms with van der Waals surface area (Å²) >= 11 is 0. The van der Waals surface area contributed by atoms with Crippen molar-refractivity contribution < 1.29 is 28.8 Å². The zero-order valence-electron chi connectivity index (χ0n) is 17.6. The van der Waals surface area contributed by atoms with Crippen molar-refractivity contribution >= 4 is 13.3 Å². The number of aromatic hydroxyl groups is 1. The molecule has 5 nitrogen and oxygen atoms in total. The summed E-state index contributed by atoms with van der Waals surface area (Å²) in [5.41, 5.74) is 1.17. The Kier molecular flexibility index (Phi) is 10.4. The number of unbranched alkanes of at least 4 members (excludes halogenated alkanes) is 3. The number of halogens is 2. The van der Waals surface area contributed by atoms with Crippen molar-refractivity contribution in [3.05, 3.63) is 59.2 Å². The van der Waals surface area contributed by atoms with Gasteiger partial charge >= 0.3 is 0 Å². The van der Waals surface area contributed by atoms with Gasteiger partial charge < -0.3 is 25.4 Å². The summed E-state index contributed by atoms with van der Waals surface area (Å²) in [5.74, 6) is -3.06. The number of rotatable bonds is 14. The molecular weight excluding hydrogens is 403 g/mol. The minimum atomic E-state index is -3.06. The average molecular weight is 433 g/mol. The Morgan fingerprint density at radius 1 is 1.06 bits per heavy atom. The second-order valence-electron chi connectivity index (χ2n) is 7.56. The third-order valence-corrected chi connectivity index (χ3v) is 4.98. The van der Waals surface area contributed by atoms with Crippen molar-refractivity contribution in [2.24, 2.45) is 0 Å². The SMILES string of the molecule is [B]c1cccc(C(F)(F)COCCCCCCNCC(O)c2ccc(O)c(CO)c2)c1. The van der Waals surface area contributed by atoms with Crippen LogP contribution < -0.4 is 10.8 Å². The molecule has 0 fully saturated rings. The van der Waals surface area contributed by atoms with E-state index in [0.29, 0.717) is 29.6 Å². The molecule has 0 heterocycles. The third-order valence-electron chi connectivity index (χ3n) is 4.98. The van der Waals surface area contributed by atoms with Crippen LogP contribution in [0.4, 0.5) is 8.78 Å². The number of aliphatic hydroxyl groups is 2. The molecule has 2 radical (unpaired) electrons. The van der Waals surface area contributed by atoms with Crippen LogP contribution >= 0.6 is 0 Å². The van der Waals surface area contributed by atoms with Crippen LogP contribution in [0.5, 0.6) is 5.75 Å². The van der Waals surface area contributed by atoms with Crippen LogP contribution in [0.2, 0.25) is 0 Å². The Morgan fingerprint density at radius 3 is 2.58 bits per heavy atom. The number of phenols is 1. The van der Waals surface area contributed by atoms with E-state index in [9.17, 15) is 19.0 Å². The first-order valence-electron chi connectivity index (χ1n) is 10.5. The van der Waals surface area contributed by atoms with Gasteiger partial charge in [0.15, 0.2) is 0 Å². The summed E-state index contributed by atoms with van der Waals surface area (Å²) in [5, 5.41) is 32.1. The van der Waals surface area contributed by atoms with E-state index in [1.807, 2.05) is 0 Å². The molecule has 0 amide bonds. The highest BCUT2D eigenvalue weighted by Gasteiger charge is 2.31. The molecule has 0 saturated heterocycles. The van der Waals surface area contributed by atoms with Crippen molar-refractivity contribution in [1.29, 1.82) is 0 Å². The molecule has 168 valence electrons. The molecule has 2 aromatic rings. The van der Waals surface area contributed by atoms with Crippen molar-refractivity contribution in [3.8, 4) is 5.75 Å². The molecule has 1 atom stereocenters. The van der Waals surface area contributed by atoms with E-state index in [1.165, 1.54) is 24.3 Å². The lowest BCUT2D eigenvalue weighted by Gasteiger charge is -2.17. The minimum absolute atomic E-state index is 0.00358. The van der Waals surface area contributed by atoms with Gasteiger partial charge in [0, 0.05) is 24.3 Å². The Balaban J connectivity index is 1.52. The number of hydrogen-bond donors (Lipinski definition) is 4. The topological polar surface area (TPSA) is 82.0 Å². The number of hydrogen-bond acceptors (Lipinski definition) is 5. The molecule has 0 aliphatic carbocycles. The fourth-order valence-corrected chi connectivity index (χ4v) is 3.15. The van der Waals surface area contributed by atoms with E-state index >= 15 is 0 Å². The van der Waals surface area contributed by atoms with Gasteiger partial charge in [0.25, 0.3) is 5.92 Å². The molecule has 4 N–H and O–H groups in total. The number of nitrogens with one attached hydrogen (secondary N) is 1. The molecule has 0 aliphatic heterocycles. The highest BCUT2D eigenvalue weighted by atomic mass is 19.3. The van der Waals surface area contributed by atoms with Gasteiger partial charge in [0.05, 0.1) is 12.7 Å². The van der Waals surface area contributed by atoms with E-state index in [-0.39, 0.29) is 24.5 Å². The van der Waals surface area contributed by atoms with Crippen molar-refractivity contribution in [2.45, 2.75) is 44.3 Å². The van der Waals surface area contributed by atoms with Crippen LogP contribution in [0.15, 0.2) is 42.5 Å². The largest absolute Gasteiger partial charge is 0.508 e. The zero-order chi connectivity index (χ0) is 22.7. The van der Waals surface area contributed by atoms with Crippen molar-refractivity contribution in [3.63, 3.8) is 0 Å². The van der Waals surface area contributed by atoms with Gasteiger partial charge in [0.1, 0.15) is 20.2 Å². The van der Waals surface area contributed by atoms with Gasteiger partial charge in [-0.3, -0.25) is 0 Å². The van der Waals surface area contributed by atoms with Crippen LogP contribution in [-0.2, 0) is 17.3 Å². The van der Waals surface area contributed by atoms with Crippen LogP contribution in [0, 0.1) is 0 Å². The fourth-order valence-electron chi connectivity index (χ4n) is 3.15. The molecule has 0 spiro atoms. The lowest BCUT2D eigenvalue weighted by atomic mass is 9.93. The Bertz CT molecular complexity index is 807. The van der Waals surface area contributed by atoms with Crippen molar-refractivity contribution in [2.75, 3.05) is 26.3 Å². The number of benzene rings is 2. The first-order valence-corrected chi connectivity index (χ1v) is 10.5. The molecule has 31 heavy (non-hydrogen) atoms. The molecular formula is C23H30BF2NO4. The Hall–Kier alpha value is -2.00. The molecule has 0 bridgehead atoms. The number of aliphatic hydroxyl groups excluding tert-OH is 2. The van der Waals surface area contributed by atoms with Gasteiger partial charge in [-0.25, -0.2) is 0 Å². The molecule has 0 aliphatic rings. The highest BCUT2D eigenvalue weighted by molar-refractivity contribution is 6.32. The standard InChI is InChI=1S/C23H30BF2NO4/c24-20-7-5-6-19(13-20)23(25,26)16-31-11-4-2-1-3-10-27-14-22(30)17-8-9-21(29)18(12-17)15-28/h5-9,12-13,22,27-30H,1-4,10-11,14-16H2. The smallest absolute Gasteiger partial charge is 0.296 e. The minimum Gasteiger partial charge on any atom is -0.508 e. The maximum Gasteiger partial charge on any atom is 0.296 e. The van der Waals surface area contributed by atoms with Crippen LogP contribution in [0.1, 0.15) is 48.5 Å². The quantitative estimate of drug-likeness (QED) is 0.272. The third kappa shape index (κ3) is 8.57. The normalized spacial score (nSPS) is 12.8. The first-order chi connectivity index (χ1) is 14.8. The number of ether oxygens (including phenoxy) is 1. The summed E-state index contributed by atoms with van der Waals surface area (Å²) < 4.78 is 33.3. The van der Waals surface area contributed by atoms with Crippen LogP contribution in [0.25, 0.3) is 0 Å². The summed E-state index contributed by atoms with van der Waals surface area (Å²) in [6.07, 6.45) is 2.65. The van der Waals surface area contributed by atoms with E-state index in [4.69, 9.17) is 17.7 Å². The van der Waals surface area contributed by atoms with E-state index in [0.717, 1.165) is 25.8 Å². The maximum absolute atomic E-state index is 14.1. The molecule has 0 saturated carbocycles. The zero-order valence-corrected chi connectivity index (χ0v) is 17.6. The van der Waals surface area contributed by atoms with Gasteiger partial charge in [-0.2, -0.15) is 8.78 Å². The average Bonchev–Trinajstić information content (AvgIpc) is 2.75. The maximum atomic E-state index is 14.1. The molecule has 2 rings (SSSR count). The van der Waals surface area contributed by atoms with Gasteiger partial charge in [0.2, 0.25) is 0 Å². The fraction of sp³-hybridized carbons (Fsp3) is 0.478. The number of alkyl halides is 2. The lowest BCUT2D eigenvalue weighted by Crippen LogP contribution is -2.23. The molecule has 0 aromatic heterocycles. The molecule has 1 unspecified atom stereocenters. The predicted molar refractivity (Wildman–Crippen MR) is 117 cm³/mol. The van der Waals surface area contributed by atoms with Gasteiger partial charge in [-0.1, -0.05) is 48.6 Å². The first kappa shape index (κ1) is 25.3. The van der Waals surface area contributed by atoms with Gasteiger partial charge in [-0.05, 0) is 37.1 Å². The molecule has 8 heteroatoms. The Labute approximate surface area is 183 Å². The van der Waals surface area contributed by atoms with E-state index in [2.05, 4.69) is 5.32 Å². The summed E-state index contributed by atoms with van der Waals surface area (Å²) in [6, 6.07) is 10.3. The van der Waals surface area contributed by atoms with E-state index in [1.54, 1.807) is 18.2 Å². The monoisotopic (exact) mass is 433 g/mol. The molecule has 2 aromatic carbocycles. The second kappa shape index (κ2) is 12.8. The highest BCUT2D eigenvalue weighted by Crippen LogP contribution is 2.27. The van der Waals surface area contributed by atoms with Crippen LogP contribution in [0.3, 0.4) is 0 Å². The van der Waals surface area contributed by atoms with Gasteiger partial charge in [-0.15, -0.1) is 0 Å². The van der Waals surface area contributed by atoms with E-state index < -0.39 is 18.6 Å². The van der Waals surface area contributed by atoms with Crippen LogP contribution in [-0.4, -0.2) is 49.5 Å². The summed E-state index contributed by atoms with van der Waals surface area (Å²) in [4.78, 5) is 0. The predicted octanol–water partition coefficient (Wildman–Crippen LogP) is 2.67. The summed E-state index contributed by atoms with van der Waals surface area (Å²) in [6.45, 7) is 0.402. The summed E-state index contributed by atoms with van der Waals surface area (Å²) in [7, 11) is 5.55. The lowest BCUT2D eigenvalue weighted by molar-refractivity contribution is -0.0830.